The predicted octanol–water partition coefficient (Wildman–Crippen LogP) is -0.0100. The summed E-state index contributed by atoms with van der Waals surface area (Å²) in [5, 5.41) is 0. The third kappa shape index (κ3) is 8.86. The molecule has 0 N–H and O–H groups in total. The molecule has 0 aliphatic carbocycles. The molecule has 0 heterocycles. The zero-order valence-corrected chi connectivity index (χ0v) is 6.47. The summed E-state index contributed by atoms with van der Waals surface area (Å²) in [4.78, 5) is 0. The van der Waals surface area contributed by atoms with Gasteiger partial charge in [-0.2, -0.15) is 0 Å². The third-order valence-corrected chi connectivity index (χ3v) is 0. The van der Waals surface area contributed by atoms with Crippen LogP contribution in [-0.4, -0.2) is 0 Å². The van der Waals surface area contributed by atoms with E-state index < -0.39 is 0 Å². The van der Waals surface area contributed by atoms with Gasteiger partial charge in [0.25, 0.3) is 0 Å². The fourth-order valence-electron chi connectivity index (χ4n) is 0. The van der Waals surface area contributed by atoms with E-state index in [1.54, 1.807) is 0 Å². The Kier molecular flexibility index (Phi) is 157. The molecule has 0 aliphatic rings. The van der Waals surface area contributed by atoms with Crippen molar-refractivity contribution >= 4 is 0 Å². The summed E-state index contributed by atoms with van der Waals surface area (Å²) in [5.74, 6) is 0. The fraction of sp³-hybridized carbons (Fsp3) is 0. The smallest absolute Gasteiger partial charge is 0 e. The first-order chi connectivity index (χ1) is 0. The summed E-state index contributed by atoms with van der Waals surface area (Å²) in [6, 6.07) is 0. The molecule has 40 valence electrons. The van der Waals surface area contributed by atoms with Gasteiger partial charge in [0, 0.05) is 73.0 Å². The third-order valence-electron chi connectivity index (χ3n) is 0. The van der Waals surface area contributed by atoms with E-state index in [9.17, 15) is 0 Å². The second-order valence-corrected chi connectivity index (χ2v) is 0. The topological polar surface area (TPSA) is 0 Å². The predicted molar refractivity (Wildman–Crippen MR) is 0 cm³/mol. The average Bonchev–Trinajstić information content (AvgIpc) is 0. The second-order valence-electron chi connectivity index (χ2n) is 0. The Labute approximate surface area is 72.2 Å². The molecule has 0 rings (SSSR count). The molecular weight excluding hydrogens is 375 g/mol. The van der Waals surface area contributed by atoms with Gasteiger partial charge in [0.1, 0.15) is 0 Å². The molecule has 0 aliphatic heterocycles. The molecule has 0 unspecified atom stereocenters. The first-order valence-corrected chi connectivity index (χ1v) is 0. The molecule has 0 aromatic heterocycles. The van der Waals surface area contributed by atoms with Crippen molar-refractivity contribution in [2.45, 2.75) is 0 Å². The Bertz CT molecular complexity index is 8.00. The van der Waals surface area contributed by atoms with Gasteiger partial charge in [0.05, 0.1) is 0 Å². The van der Waals surface area contributed by atoms with Crippen LogP contribution in [0.4, 0.5) is 0 Å². The van der Waals surface area contributed by atoms with Crippen LogP contribution in [0, 0.1) is 0 Å². The van der Waals surface area contributed by atoms with Gasteiger partial charge in [-0.1, -0.05) is 0 Å². The summed E-state index contributed by atoms with van der Waals surface area (Å²) in [6.45, 7) is 0. The van der Waals surface area contributed by atoms with Gasteiger partial charge >= 0.3 is 0 Å². The first-order valence-electron chi connectivity index (χ1n) is 0. The van der Waals surface area contributed by atoms with Crippen molar-refractivity contribution in [3.63, 3.8) is 0 Å². The van der Waals surface area contributed by atoms with Crippen molar-refractivity contribution in [2.24, 2.45) is 0 Å². The van der Waals surface area contributed by atoms with Crippen molar-refractivity contribution in [1.29, 1.82) is 0 Å². The van der Waals surface area contributed by atoms with Crippen molar-refractivity contribution < 1.29 is 73.0 Å². The van der Waals surface area contributed by atoms with Gasteiger partial charge in [0.15, 0.2) is 0 Å². The van der Waals surface area contributed by atoms with Crippen molar-refractivity contribution in [2.75, 3.05) is 0 Å². The molecule has 0 saturated carbocycles. The molecule has 4 heavy (non-hydrogen) atoms. The van der Waals surface area contributed by atoms with E-state index in [2.05, 4.69) is 0 Å². The fourth-order valence-corrected chi connectivity index (χ4v) is 0. The Hall–Kier alpha value is 2.27. The molecule has 0 atom stereocenters. The van der Waals surface area contributed by atoms with Crippen LogP contribution < -0.4 is 0 Å². The maximum atomic E-state index is 0. The van der Waals surface area contributed by atoms with Crippen LogP contribution in [0.5, 0.6) is 0 Å². The first kappa shape index (κ1) is 33.8. The Morgan fingerprint density at radius 2 is 1.00 bits per heavy atom. The zero-order chi connectivity index (χ0) is 0. The van der Waals surface area contributed by atoms with E-state index in [1.165, 1.54) is 0 Å². The molecule has 0 amide bonds. The van der Waals surface area contributed by atoms with Gasteiger partial charge in [-0.3, -0.25) is 0 Å². The number of hydrogen-bond acceptors (Lipinski definition) is 0. The van der Waals surface area contributed by atoms with E-state index in [-0.39, 0.29) is 73.0 Å². The Morgan fingerprint density at radius 1 is 1.00 bits per heavy atom. The van der Waals surface area contributed by atoms with E-state index in [0.717, 1.165) is 0 Å². The number of hydrogen-bond donors (Lipinski definition) is 0. The normalized spacial score (nSPS) is 0. The maximum absolute atomic E-state index is 0. The minimum Gasteiger partial charge on any atom is 0 e. The molecule has 0 fully saturated rings. The van der Waals surface area contributed by atoms with E-state index in [0.29, 0.717) is 0 Å². The summed E-state index contributed by atoms with van der Waals surface area (Å²) < 4.78 is 0. The Balaban J connectivity index is 0. The van der Waals surface area contributed by atoms with Gasteiger partial charge in [-0.15, -0.1) is 0 Å². The van der Waals surface area contributed by atoms with Gasteiger partial charge < -0.3 is 0 Å². The second kappa shape index (κ2) is 18.6. The van der Waals surface area contributed by atoms with E-state index in [1.807, 2.05) is 0 Å². The van der Waals surface area contributed by atoms with Crippen LogP contribution >= 0.6 is 0 Å². The van der Waals surface area contributed by atoms with Crippen molar-refractivity contribution in [1.82, 2.24) is 0 Å². The SMILES string of the molecule is [Au].[Cu].[Fe].[Ni]. The molecule has 0 nitrogen and oxygen atoms in total. The number of rotatable bonds is 0. The van der Waals surface area contributed by atoms with Crippen LogP contribution in [0.3, 0.4) is 0 Å². The van der Waals surface area contributed by atoms with Crippen LogP contribution in [0.25, 0.3) is 0 Å². The zero-order valence-electron chi connectivity index (χ0n) is 1.27. The maximum Gasteiger partial charge on any atom is 0 e. The molecule has 0 aromatic carbocycles. The summed E-state index contributed by atoms with van der Waals surface area (Å²) in [6.07, 6.45) is 0. The molecular formula is AuCuFeNi. The molecule has 2 radical (unpaired) electrons. The largest absolute Gasteiger partial charge is 0 e. The quantitative estimate of drug-likeness (QED) is 0.523. The summed E-state index contributed by atoms with van der Waals surface area (Å²) in [7, 11) is 0. The molecule has 4 heteroatoms. The minimum absolute atomic E-state index is 0. The molecule has 0 saturated heterocycles. The Morgan fingerprint density at radius 3 is 1.00 bits per heavy atom. The van der Waals surface area contributed by atoms with Crippen LogP contribution in [0.2, 0.25) is 0 Å². The monoisotopic (exact) mass is 374 g/mol. The van der Waals surface area contributed by atoms with Crippen molar-refractivity contribution in [3.8, 4) is 0 Å². The molecule has 0 aromatic rings. The standard InChI is InChI=1S/Au.Cu.Fe.Ni. The van der Waals surface area contributed by atoms with E-state index in [4.69, 9.17) is 0 Å². The summed E-state index contributed by atoms with van der Waals surface area (Å²) in [5.41, 5.74) is 0. The van der Waals surface area contributed by atoms with Crippen LogP contribution in [-0.2, 0) is 73.0 Å². The van der Waals surface area contributed by atoms with Crippen LogP contribution in [0.15, 0.2) is 0 Å². The van der Waals surface area contributed by atoms with Crippen molar-refractivity contribution in [3.05, 3.63) is 0 Å². The average molecular weight is 375 g/mol. The molecule has 0 bridgehead atoms. The summed E-state index contributed by atoms with van der Waals surface area (Å²) >= 11 is 0. The van der Waals surface area contributed by atoms with Gasteiger partial charge in [-0.05, 0) is 0 Å². The van der Waals surface area contributed by atoms with E-state index >= 15 is 0 Å². The van der Waals surface area contributed by atoms with Gasteiger partial charge in [0.2, 0.25) is 0 Å². The minimum atomic E-state index is 0. The van der Waals surface area contributed by atoms with Crippen LogP contribution in [0.1, 0.15) is 0 Å². The van der Waals surface area contributed by atoms with Gasteiger partial charge in [-0.25, -0.2) is 0 Å². The molecule has 0 spiro atoms.